The van der Waals surface area contributed by atoms with Crippen LogP contribution in [0.15, 0.2) is 67.0 Å². The number of nitrogens with zero attached hydrogens (tertiary/aromatic N) is 6. The molecule has 76 heavy (non-hydrogen) atoms. The molecule has 0 spiro atoms. The molecule has 0 saturated carbocycles. The minimum absolute atomic E-state index is 0.0392. The van der Waals surface area contributed by atoms with Gasteiger partial charge in [0.1, 0.15) is 29.5 Å². The molecule has 4 amide bonds. The minimum Gasteiger partial charge on any atom is -0.465 e. The Morgan fingerprint density at radius 3 is 1.87 bits per heavy atom. The van der Waals surface area contributed by atoms with Crippen LogP contribution in [0.4, 0.5) is 50.5 Å². The predicted molar refractivity (Wildman–Crippen MR) is 258 cm³/mol. The number of carboxylic acid groups (broad SMARTS) is 1. The van der Waals surface area contributed by atoms with Crippen molar-refractivity contribution in [2.24, 2.45) is 17.9 Å². The van der Waals surface area contributed by atoms with Crippen LogP contribution < -0.4 is 26.3 Å². The van der Waals surface area contributed by atoms with Crippen LogP contribution in [0.5, 0.6) is 0 Å². The number of piperazine rings is 1. The molecule has 3 aliphatic rings. The zero-order chi connectivity index (χ0) is 55.7. The molecule has 2 aromatic heterocycles. The van der Waals surface area contributed by atoms with E-state index in [2.05, 4.69) is 25.0 Å². The van der Waals surface area contributed by atoms with Crippen LogP contribution in [0.25, 0.3) is 22.4 Å². The van der Waals surface area contributed by atoms with E-state index in [0.717, 1.165) is 64.2 Å². The van der Waals surface area contributed by atoms with E-state index in [0.29, 0.717) is 67.5 Å². The maximum absolute atomic E-state index is 16.0. The maximum atomic E-state index is 16.0. The monoisotopic (exact) mass is 1080 g/mol. The first-order chi connectivity index (χ1) is 35.6. The van der Waals surface area contributed by atoms with Crippen molar-refractivity contribution in [1.82, 2.24) is 46.0 Å². The Morgan fingerprint density at radius 2 is 1.38 bits per heavy atom. The summed E-state index contributed by atoms with van der Waals surface area (Å²) in [6.07, 6.45) is -11.0. The Bertz CT molecular complexity index is 2680. The van der Waals surface area contributed by atoms with Gasteiger partial charge in [0, 0.05) is 74.4 Å². The first-order valence-electron chi connectivity index (χ1n) is 24.2. The van der Waals surface area contributed by atoms with Gasteiger partial charge in [-0.3, -0.25) is 24.6 Å². The minimum atomic E-state index is -5.23. The number of alkyl carbamates (subject to hydrolysis) is 1. The second-order valence-corrected chi connectivity index (χ2v) is 20.5. The summed E-state index contributed by atoms with van der Waals surface area (Å²) in [4.78, 5) is 61.7. The van der Waals surface area contributed by atoms with Crippen LogP contribution in [0, 0.1) is 22.5 Å². The van der Waals surface area contributed by atoms with Crippen molar-refractivity contribution in [3.05, 3.63) is 89.8 Å². The van der Waals surface area contributed by atoms with E-state index in [9.17, 15) is 55.7 Å². The summed E-state index contributed by atoms with van der Waals surface area (Å²) in [5.41, 5.74) is -3.08. The van der Waals surface area contributed by atoms with Gasteiger partial charge in [-0.1, -0.05) is 24.3 Å². The van der Waals surface area contributed by atoms with Crippen LogP contribution in [0.3, 0.4) is 0 Å². The molecule has 2 unspecified atom stereocenters. The number of hydrogen-bond acceptors (Lipinski definition) is 12. The molecule has 6 N–H and O–H groups in total. The van der Waals surface area contributed by atoms with Crippen molar-refractivity contribution < 1.29 is 74.0 Å². The Kier molecular flexibility index (Phi) is 16.9. The number of benzene rings is 2. The number of carbonyl (C=O) groups excluding carboxylic acids is 3. The molecule has 3 saturated heterocycles. The molecule has 26 heteroatoms. The van der Waals surface area contributed by atoms with Gasteiger partial charge in [0.05, 0.1) is 55.0 Å². The number of amides is 4. The molecule has 414 valence electrons. The van der Waals surface area contributed by atoms with E-state index in [4.69, 9.17) is 9.72 Å². The Balaban J connectivity index is 1.19. The van der Waals surface area contributed by atoms with Gasteiger partial charge in [-0.2, -0.15) is 31.4 Å². The smallest absolute Gasteiger partial charge is 0.407 e. The number of pyridine rings is 1. The van der Waals surface area contributed by atoms with Crippen LogP contribution in [-0.4, -0.2) is 154 Å². The lowest BCUT2D eigenvalue weighted by Crippen LogP contribution is -2.63. The van der Waals surface area contributed by atoms with E-state index in [-0.39, 0.29) is 11.3 Å². The number of halogens is 8. The van der Waals surface area contributed by atoms with Crippen molar-refractivity contribution in [3.8, 4) is 22.4 Å². The Hall–Kier alpha value is -6.64. The SMILES string of the molecule is COC(=O)N[C@H](C(=O)N[C@@H](Cc1ccc(-c2ccc(N3CC4CCC(C3)N4C3COC3)nc2)cc1)[C@@H](O)CN(Cc1c(F)cc(-c2ccn(C)n2)cc1F)NC(=O)[C@@H](NC(=O)O)C(C)(C)C(F)(F)F)C(C)(C)C(F)(F)F. The number of ether oxygens (including phenoxy) is 2. The number of aliphatic hydroxyl groups excluding tert-OH is 1. The van der Waals surface area contributed by atoms with E-state index in [1.165, 1.54) is 22.3 Å². The van der Waals surface area contributed by atoms with Gasteiger partial charge in [0.2, 0.25) is 5.91 Å². The zero-order valence-electron chi connectivity index (χ0n) is 42.3. The number of rotatable bonds is 19. The fourth-order valence-electron chi connectivity index (χ4n) is 9.65. The summed E-state index contributed by atoms with van der Waals surface area (Å²) in [5, 5.41) is 32.0. The lowest BCUT2D eigenvalue weighted by Gasteiger charge is -2.48. The quantitative estimate of drug-likeness (QED) is 0.0475. The number of anilines is 1. The number of fused-ring (bicyclic) bond motifs is 2. The fourth-order valence-corrected chi connectivity index (χ4v) is 9.65. The third-order valence-electron chi connectivity index (χ3n) is 14.5. The van der Waals surface area contributed by atoms with Gasteiger partial charge in [0.15, 0.2) is 0 Å². The van der Waals surface area contributed by atoms with Crippen molar-refractivity contribution in [3.63, 3.8) is 0 Å². The molecule has 3 aliphatic heterocycles. The van der Waals surface area contributed by atoms with Crippen LogP contribution in [0.2, 0.25) is 0 Å². The standard InChI is InChI=1S/C50H60F8N10O8/c1-47(2,49(53,54)55)41(62-46(74)75-6)43(70)60-38(17-27-7-9-28(10-8-27)29-11-14-40(59-20-29)66-21-31-12-13-32(22-66)68(31)33-25-76-26-33)39(69)24-67(64-44(71)42(61-45(72)73)48(3,4)50(56,57)58)23-34-35(51)18-30(19-36(34)52)37-15-16-65(5)63-37/h7-11,14-16,18-20,31-33,38-39,41-42,61,69H,12-13,17,21-26H2,1-6H3,(H,60,70)(H,62,74)(H,64,71)(H,72,73)/t31?,32?,38-,39-,41+,42+/m0/s1. The molecule has 2 aromatic carbocycles. The molecule has 2 bridgehead atoms. The average Bonchev–Trinajstić information content (AvgIpc) is 3.86. The molecule has 18 nitrogen and oxygen atoms in total. The number of nitrogens with one attached hydrogen (secondary N) is 4. The first-order valence-corrected chi connectivity index (χ1v) is 24.2. The second kappa shape index (κ2) is 22.5. The maximum Gasteiger partial charge on any atom is 0.407 e. The van der Waals surface area contributed by atoms with E-state index < -0.39 is 108 Å². The lowest BCUT2D eigenvalue weighted by molar-refractivity contribution is -0.221. The largest absolute Gasteiger partial charge is 0.465 e. The molecule has 7 rings (SSSR count). The predicted octanol–water partition coefficient (Wildman–Crippen LogP) is 5.94. The first kappa shape index (κ1) is 57.1. The molecule has 0 aliphatic carbocycles. The van der Waals surface area contributed by atoms with Gasteiger partial charge < -0.3 is 40.5 Å². The van der Waals surface area contributed by atoms with Gasteiger partial charge in [-0.25, -0.2) is 28.4 Å². The molecule has 0 radical (unpaired) electrons. The van der Waals surface area contributed by atoms with E-state index in [1.54, 1.807) is 37.5 Å². The summed E-state index contributed by atoms with van der Waals surface area (Å²) in [5.74, 6) is -4.91. The number of hydrazine groups is 1. The zero-order valence-corrected chi connectivity index (χ0v) is 42.3. The summed E-state index contributed by atoms with van der Waals surface area (Å²) < 4.78 is 130. The van der Waals surface area contributed by atoms with Crippen molar-refractivity contribution >= 4 is 29.8 Å². The van der Waals surface area contributed by atoms with Crippen LogP contribution in [-0.2, 0) is 39.1 Å². The summed E-state index contributed by atoms with van der Waals surface area (Å²) in [6.45, 7) is 3.29. The highest BCUT2D eigenvalue weighted by Gasteiger charge is 2.57. The molecule has 5 heterocycles. The summed E-state index contributed by atoms with van der Waals surface area (Å²) in [7, 11) is 2.39. The second-order valence-electron chi connectivity index (χ2n) is 20.5. The topological polar surface area (TPSA) is 216 Å². The number of aliphatic hydroxyl groups is 1. The lowest BCUT2D eigenvalue weighted by atomic mass is 9.82. The number of aryl methyl sites for hydroxylation is 1. The Labute approximate surface area is 432 Å². The third kappa shape index (κ3) is 12.6. The van der Waals surface area contributed by atoms with Gasteiger partial charge in [-0.15, -0.1) is 0 Å². The highest BCUT2D eigenvalue weighted by atomic mass is 19.4. The molecular weight excluding hydrogens is 1020 g/mol. The third-order valence-corrected chi connectivity index (χ3v) is 14.5. The van der Waals surface area contributed by atoms with Gasteiger partial charge in [-0.05, 0) is 88.4 Å². The van der Waals surface area contributed by atoms with Gasteiger partial charge >= 0.3 is 24.5 Å². The summed E-state index contributed by atoms with van der Waals surface area (Å²) in [6, 6.07) is 7.99. The number of hydrogen-bond donors (Lipinski definition) is 6. The number of alkyl halides is 6. The highest BCUT2D eigenvalue weighted by Crippen LogP contribution is 2.42. The fraction of sp³-hybridized carbons (Fsp3) is 0.520. The molecular formula is C50H60F8N10O8. The molecule has 4 aromatic rings. The molecule has 6 atom stereocenters. The Morgan fingerprint density at radius 1 is 0.803 bits per heavy atom. The van der Waals surface area contributed by atoms with Crippen molar-refractivity contribution in [2.75, 3.05) is 44.9 Å². The normalized spacial score (nSPS) is 19.1. The van der Waals surface area contributed by atoms with Crippen molar-refractivity contribution in [1.29, 1.82) is 0 Å². The molecule has 3 fully saturated rings. The van der Waals surface area contributed by atoms with E-state index >= 15 is 8.78 Å². The number of methoxy groups -OCH3 is 1. The number of aromatic nitrogens is 3. The van der Waals surface area contributed by atoms with Crippen molar-refractivity contribution in [2.45, 2.75) is 108 Å². The van der Waals surface area contributed by atoms with Crippen LogP contribution in [0.1, 0.15) is 51.7 Å². The average molecular weight is 1080 g/mol. The summed E-state index contributed by atoms with van der Waals surface area (Å²) >= 11 is 0. The highest BCUT2D eigenvalue weighted by molar-refractivity contribution is 5.87. The van der Waals surface area contributed by atoms with E-state index in [1.807, 2.05) is 22.9 Å². The number of carbonyl (C=O) groups is 4. The van der Waals surface area contributed by atoms with Gasteiger partial charge in [0.25, 0.3) is 5.91 Å². The van der Waals surface area contributed by atoms with Crippen LogP contribution >= 0.6 is 0 Å².